The summed E-state index contributed by atoms with van der Waals surface area (Å²) >= 11 is 1.81. The van der Waals surface area contributed by atoms with E-state index in [0.717, 1.165) is 25.2 Å². The van der Waals surface area contributed by atoms with Crippen LogP contribution in [0.3, 0.4) is 0 Å². The summed E-state index contributed by atoms with van der Waals surface area (Å²) in [6, 6.07) is 5.47. The molecule has 1 heterocycles. The molecular formula is C14H23N3OS. The molecule has 106 valence electrons. The number of pyridine rings is 1. The molecule has 1 rings (SSSR count). The predicted octanol–water partition coefficient (Wildman–Crippen LogP) is 2.77. The maximum atomic E-state index is 11.9. The SMILES string of the molecule is CCCNc1cccc(C(=O)NCCC(C)SC)n1. The number of rotatable bonds is 8. The largest absolute Gasteiger partial charge is 0.370 e. The van der Waals surface area contributed by atoms with Gasteiger partial charge in [-0.15, -0.1) is 0 Å². The lowest BCUT2D eigenvalue weighted by Gasteiger charge is -2.09. The molecule has 0 saturated carbocycles. The lowest BCUT2D eigenvalue weighted by Crippen LogP contribution is -2.27. The zero-order valence-corrected chi connectivity index (χ0v) is 12.7. The highest BCUT2D eigenvalue weighted by Gasteiger charge is 2.08. The highest BCUT2D eigenvalue weighted by molar-refractivity contribution is 7.99. The number of hydrogen-bond acceptors (Lipinski definition) is 4. The summed E-state index contributed by atoms with van der Waals surface area (Å²) in [5.74, 6) is 0.653. The second-order valence-electron chi connectivity index (χ2n) is 4.43. The molecule has 0 aromatic carbocycles. The summed E-state index contributed by atoms with van der Waals surface area (Å²) in [4.78, 5) is 16.2. The summed E-state index contributed by atoms with van der Waals surface area (Å²) in [6.45, 7) is 5.80. The highest BCUT2D eigenvalue weighted by atomic mass is 32.2. The number of carbonyl (C=O) groups excluding carboxylic acids is 1. The first-order valence-corrected chi connectivity index (χ1v) is 7.98. The predicted molar refractivity (Wildman–Crippen MR) is 82.9 cm³/mol. The molecule has 1 aromatic heterocycles. The highest BCUT2D eigenvalue weighted by Crippen LogP contribution is 2.08. The van der Waals surface area contributed by atoms with Gasteiger partial charge in [0.2, 0.25) is 0 Å². The average molecular weight is 281 g/mol. The zero-order chi connectivity index (χ0) is 14.1. The van der Waals surface area contributed by atoms with Crippen LogP contribution in [0.25, 0.3) is 0 Å². The molecule has 2 N–H and O–H groups in total. The van der Waals surface area contributed by atoms with Crippen molar-refractivity contribution in [2.75, 3.05) is 24.7 Å². The van der Waals surface area contributed by atoms with Crippen molar-refractivity contribution in [3.8, 4) is 0 Å². The Kier molecular flexibility index (Phi) is 7.33. The first-order chi connectivity index (χ1) is 9.17. The lowest BCUT2D eigenvalue weighted by molar-refractivity contribution is 0.0948. The number of aromatic nitrogens is 1. The van der Waals surface area contributed by atoms with E-state index < -0.39 is 0 Å². The van der Waals surface area contributed by atoms with Gasteiger partial charge in [-0.1, -0.05) is 19.9 Å². The minimum absolute atomic E-state index is 0.103. The van der Waals surface area contributed by atoms with Crippen LogP contribution >= 0.6 is 11.8 Å². The fourth-order valence-electron chi connectivity index (χ4n) is 1.51. The van der Waals surface area contributed by atoms with Gasteiger partial charge in [-0.25, -0.2) is 4.98 Å². The van der Waals surface area contributed by atoms with Crippen molar-refractivity contribution in [1.29, 1.82) is 0 Å². The van der Waals surface area contributed by atoms with Crippen LogP contribution in [0, 0.1) is 0 Å². The van der Waals surface area contributed by atoms with Gasteiger partial charge in [0.05, 0.1) is 0 Å². The Labute approximate surface area is 119 Å². The van der Waals surface area contributed by atoms with Gasteiger partial charge in [-0.05, 0) is 31.2 Å². The van der Waals surface area contributed by atoms with E-state index in [2.05, 4.69) is 35.7 Å². The van der Waals surface area contributed by atoms with E-state index >= 15 is 0 Å². The summed E-state index contributed by atoms with van der Waals surface area (Å²) in [5.41, 5.74) is 0.470. The van der Waals surface area contributed by atoms with Crippen molar-refractivity contribution >= 4 is 23.5 Å². The lowest BCUT2D eigenvalue weighted by atomic mass is 10.3. The van der Waals surface area contributed by atoms with Crippen LogP contribution in [-0.2, 0) is 0 Å². The van der Waals surface area contributed by atoms with Gasteiger partial charge >= 0.3 is 0 Å². The van der Waals surface area contributed by atoms with Crippen molar-refractivity contribution in [2.45, 2.75) is 31.9 Å². The Morgan fingerprint density at radius 3 is 2.89 bits per heavy atom. The maximum Gasteiger partial charge on any atom is 0.269 e. The third-order valence-corrected chi connectivity index (χ3v) is 3.82. The van der Waals surface area contributed by atoms with Gasteiger partial charge in [0.15, 0.2) is 0 Å². The number of hydrogen-bond donors (Lipinski definition) is 2. The average Bonchev–Trinajstić information content (AvgIpc) is 2.45. The minimum Gasteiger partial charge on any atom is -0.370 e. The van der Waals surface area contributed by atoms with Crippen molar-refractivity contribution in [3.63, 3.8) is 0 Å². The summed E-state index contributed by atoms with van der Waals surface area (Å²) in [6.07, 6.45) is 4.09. The van der Waals surface area contributed by atoms with Gasteiger partial charge in [0.25, 0.3) is 5.91 Å². The molecule has 4 nitrogen and oxygen atoms in total. The van der Waals surface area contributed by atoms with Crippen LogP contribution in [0.2, 0.25) is 0 Å². The van der Waals surface area contributed by atoms with Gasteiger partial charge in [-0.2, -0.15) is 11.8 Å². The van der Waals surface area contributed by atoms with Crippen LogP contribution in [0.4, 0.5) is 5.82 Å². The Morgan fingerprint density at radius 1 is 1.42 bits per heavy atom. The van der Waals surface area contributed by atoms with Gasteiger partial charge in [-0.3, -0.25) is 4.79 Å². The topological polar surface area (TPSA) is 54.0 Å². The van der Waals surface area contributed by atoms with E-state index in [1.54, 1.807) is 17.8 Å². The van der Waals surface area contributed by atoms with E-state index in [0.29, 0.717) is 17.5 Å². The standard InChI is InChI=1S/C14H23N3OS/c1-4-9-15-13-7-5-6-12(17-13)14(18)16-10-8-11(2)19-3/h5-7,11H,4,8-10H2,1-3H3,(H,15,17)(H,16,18). The third kappa shape index (κ3) is 5.96. The molecule has 0 bridgehead atoms. The number of nitrogens with one attached hydrogen (secondary N) is 2. The third-order valence-electron chi connectivity index (χ3n) is 2.78. The second-order valence-corrected chi connectivity index (χ2v) is 5.70. The summed E-state index contributed by atoms with van der Waals surface area (Å²) in [7, 11) is 0. The van der Waals surface area contributed by atoms with E-state index in [1.165, 1.54) is 0 Å². The fraction of sp³-hybridized carbons (Fsp3) is 0.571. The van der Waals surface area contributed by atoms with Crippen LogP contribution in [0.5, 0.6) is 0 Å². The van der Waals surface area contributed by atoms with Crippen LogP contribution in [-0.4, -0.2) is 35.5 Å². The van der Waals surface area contributed by atoms with Crippen LogP contribution < -0.4 is 10.6 Å². The number of anilines is 1. The number of nitrogens with zero attached hydrogens (tertiary/aromatic N) is 1. The molecule has 0 aliphatic heterocycles. The Hall–Kier alpha value is -1.23. The summed E-state index contributed by atoms with van der Waals surface area (Å²) < 4.78 is 0. The first kappa shape index (κ1) is 15.8. The van der Waals surface area contributed by atoms with Crippen molar-refractivity contribution < 1.29 is 4.79 Å². The fourth-order valence-corrected chi connectivity index (χ4v) is 1.86. The number of thioether (sulfide) groups is 1. The monoisotopic (exact) mass is 281 g/mol. The second kappa shape index (κ2) is 8.80. The van der Waals surface area contributed by atoms with Gasteiger partial charge in [0, 0.05) is 18.3 Å². The molecule has 1 unspecified atom stereocenters. The Balaban J connectivity index is 2.47. The molecule has 0 radical (unpaired) electrons. The van der Waals surface area contributed by atoms with Crippen molar-refractivity contribution in [2.24, 2.45) is 0 Å². The normalized spacial score (nSPS) is 11.9. The quantitative estimate of drug-likeness (QED) is 0.769. The molecule has 5 heteroatoms. The summed E-state index contributed by atoms with van der Waals surface area (Å²) in [5, 5.41) is 6.64. The molecule has 19 heavy (non-hydrogen) atoms. The smallest absolute Gasteiger partial charge is 0.269 e. The van der Waals surface area contributed by atoms with E-state index in [1.807, 2.05) is 12.1 Å². The molecule has 0 aliphatic carbocycles. The van der Waals surface area contributed by atoms with Gasteiger partial charge < -0.3 is 10.6 Å². The molecule has 0 saturated heterocycles. The van der Waals surface area contributed by atoms with Crippen molar-refractivity contribution in [3.05, 3.63) is 23.9 Å². The van der Waals surface area contributed by atoms with Crippen LogP contribution in [0.1, 0.15) is 37.2 Å². The number of carbonyl (C=O) groups is 1. The Morgan fingerprint density at radius 2 is 2.21 bits per heavy atom. The van der Waals surface area contributed by atoms with Crippen molar-refractivity contribution in [1.82, 2.24) is 10.3 Å². The van der Waals surface area contributed by atoms with E-state index in [9.17, 15) is 4.79 Å². The Bertz CT molecular complexity index is 398. The van der Waals surface area contributed by atoms with Crippen LogP contribution in [0.15, 0.2) is 18.2 Å². The van der Waals surface area contributed by atoms with E-state index in [-0.39, 0.29) is 5.91 Å². The molecule has 1 aromatic rings. The molecular weight excluding hydrogens is 258 g/mol. The molecule has 1 amide bonds. The minimum atomic E-state index is -0.103. The molecule has 1 atom stereocenters. The van der Waals surface area contributed by atoms with Gasteiger partial charge in [0.1, 0.15) is 11.5 Å². The zero-order valence-electron chi connectivity index (χ0n) is 11.9. The van der Waals surface area contributed by atoms with E-state index in [4.69, 9.17) is 0 Å². The molecule has 0 aliphatic rings. The molecule has 0 spiro atoms. The molecule has 0 fully saturated rings. The maximum absolute atomic E-state index is 11.9. The first-order valence-electron chi connectivity index (χ1n) is 6.69. The number of amides is 1.